The number of hydrogen-bond acceptors (Lipinski definition) is 3. The highest BCUT2D eigenvalue weighted by molar-refractivity contribution is 8.01. The first kappa shape index (κ1) is 13.3. The van der Waals surface area contributed by atoms with Crippen molar-refractivity contribution in [3.63, 3.8) is 0 Å². The first-order chi connectivity index (χ1) is 10.8. The SMILES string of the molecule is Cc1nn(-c2ccccc2)c2c1[C@H](c1ccc(C=O)cc1)S2. The second-order valence-electron chi connectivity index (χ2n) is 5.33. The summed E-state index contributed by atoms with van der Waals surface area (Å²) in [5.41, 5.74) is 5.40. The van der Waals surface area contributed by atoms with Crippen LogP contribution in [-0.2, 0) is 0 Å². The molecule has 1 atom stereocenters. The van der Waals surface area contributed by atoms with Gasteiger partial charge in [0, 0.05) is 11.1 Å². The van der Waals surface area contributed by atoms with Crippen molar-refractivity contribution in [2.45, 2.75) is 17.2 Å². The maximum Gasteiger partial charge on any atom is 0.150 e. The molecular weight excluding hydrogens is 292 g/mol. The molecule has 0 bridgehead atoms. The van der Waals surface area contributed by atoms with Crippen LogP contribution in [0.15, 0.2) is 59.6 Å². The van der Waals surface area contributed by atoms with Crippen molar-refractivity contribution >= 4 is 18.0 Å². The van der Waals surface area contributed by atoms with Gasteiger partial charge in [0.15, 0.2) is 0 Å². The van der Waals surface area contributed by atoms with Gasteiger partial charge in [0.2, 0.25) is 0 Å². The average molecular weight is 306 g/mol. The van der Waals surface area contributed by atoms with Gasteiger partial charge >= 0.3 is 0 Å². The van der Waals surface area contributed by atoms with Gasteiger partial charge in [-0.1, -0.05) is 54.2 Å². The number of fused-ring (bicyclic) bond motifs is 1. The highest BCUT2D eigenvalue weighted by Gasteiger charge is 2.36. The molecule has 0 radical (unpaired) electrons. The molecule has 0 saturated heterocycles. The zero-order valence-electron chi connectivity index (χ0n) is 12.1. The molecule has 0 unspecified atom stereocenters. The van der Waals surface area contributed by atoms with E-state index in [-0.39, 0.29) is 0 Å². The third-order valence-electron chi connectivity index (χ3n) is 3.93. The molecule has 1 aliphatic rings. The quantitative estimate of drug-likeness (QED) is 0.681. The Balaban J connectivity index is 1.72. The van der Waals surface area contributed by atoms with Crippen LogP contribution in [0.5, 0.6) is 0 Å². The van der Waals surface area contributed by atoms with Crippen molar-refractivity contribution in [1.29, 1.82) is 0 Å². The predicted octanol–water partition coefficient (Wildman–Crippen LogP) is 4.19. The summed E-state index contributed by atoms with van der Waals surface area (Å²) in [6.45, 7) is 2.06. The predicted molar refractivity (Wildman–Crippen MR) is 87.8 cm³/mol. The molecule has 1 aliphatic heterocycles. The normalized spacial score (nSPS) is 16.0. The van der Waals surface area contributed by atoms with Crippen molar-refractivity contribution in [2.24, 2.45) is 0 Å². The van der Waals surface area contributed by atoms with Crippen LogP contribution in [0.25, 0.3) is 5.69 Å². The standard InChI is InChI=1S/C18H14N2OS/c1-12-16-17(14-9-7-13(11-21)8-10-14)22-18(16)20(19-12)15-5-3-2-4-6-15/h2-11,17H,1H3/t17-/m0/s1. The second-order valence-corrected chi connectivity index (χ2v) is 6.43. The molecule has 0 saturated carbocycles. The van der Waals surface area contributed by atoms with Crippen LogP contribution in [-0.4, -0.2) is 16.1 Å². The fourth-order valence-corrected chi connectivity index (χ4v) is 4.14. The van der Waals surface area contributed by atoms with Gasteiger partial charge in [0.1, 0.15) is 11.3 Å². The van der Waals surface area contributed by atoms with E-state index in [0.29, 0.717) is 10.8 Å². The van der Waals surface area contributed by atoms with Gasteiger partial charge < -0.3 is 0 Å². The van der Waals surface area contributed by atoms with Gasteiger partial charge in [0.25, 0.3) is 0 Å². The molecule has 0 spiro atoms. The molecule has 1 aromatic heterocycles. The fourth-order valence-electron chi connectivity index (χ4n) is 2.77. The highest BCUT2D eigenvalue weighted by atomic mass is 32.2. The van der Waals surface area contributed by atoms with Crippen molar-refractivity contribution < 1.29 is 4.79 Å². The fraction of sp³-hybridized carbons (Fsp3) is 0.111. The second kappa shape index (κ2) is 5.14. The van der Waals surface area contributed by atoms with Crippen molar-refractivity contribution in [3.8, 4) is 5.69 Å². The Bertz CT molecular complexity index is 838. The van der Waals surface area contributed by atoms with Crippen LogP contribution in [0.2, 0.25) is 0 Å². The number of carbonyl (C=O) groups is 1. The lowest BCUT2D eigenvalue weighted by atomic mass is 10.0. The van der Waals surface area contributed by atoms with Crippen LogP contribution in [0, 0.1) is 6.92 Å². The van der Waals surface area contributed by atoms with E-state index in [2.05, 4.69) is 19.1 Å². The van der Waals surface area contributed by atoms with Gasteiger partial charge in [-0.15, -0.1) is 0 Å². The number of nitrogens with zero attached hydrogens (tertiary/aromatic N) is 2. The lowest BCUT2D eigenvalue weighted by Crippen LogP contribution is -2.10. The number of hydrogen-bond donors (Lipinski definition) is 0. The van der Waals surface area contributed by atoms with Crippen molar-refractivity contribution in [2.75, 3.05) is 0 Å². The number of aldehydes is 1. The van der Waals surface area contributed by atoms with E-state index < -0.39 is 0 Å². The molecule has 4 heteroatoms. The van der Waals surface area contributed by atoms with E-state index in [0.717, 1.165) is 17.7 Å². The number of aromatic nitrogens is 2. The Morgan fingerprint density at radius 2 is 1.82 bits per heavy atom. The Morgan fingerprint density at radius 1 is 1.09 bits per heavy atom. The summed E-state index contributed by atoms with van der Waals surface area (Å²) < 4.78 is 2.02. The third kappa shape index (κ3) is 1.99. The summed E-state index contributed by atoms with van der Waals surface area (Å²) in [7, 11) is 0. The van der Waals surface area contributed by atoms with E-state index in [1.807, 2.05) is 58.9 Å². The molecular formula is C18H14N2OS. The molecule has 0 aliphatic carbocycles. The number of rotatable bonds is 3. The Labute approximate surface area is 133 Å². The topological polar surface area (TPSA) is 34.9 Å². The van der Waals surface area contributed by atoms with Crippen LogP contribution < -0.4 is 0 Å². The molecule has 0 fully saturated rings. The number of benzene rings is 2. The van der Waals surface area contributed by atoms with Gasteiger partial charge in [-0.3, -0.25) is 4.79 Å². The number of carbonyl (C=O) groups excluding carboxylic acids is 1. The Kier molecular flexibility index (Phi) is 3.12. The van der Waals surface area contributed by atoms with Gasteiger partial charge in [-0.05, 0) is 24.6 Å². The van der Waals surface area contributed by atoms with Crippen LogP contribution in [0.4, 0.5) is 0 Å². The van der Waals surface area contributed by atoms with Crippen molar-refractivity contribution in [3.05, 3.63) is 77.0 Å². The largest absolute Gasteiger partial charge is 0.298 e. The number of aryl methyl sites for hydroxylation is 1. The van der Waals surface area contributed by atoms with Crippen LogP contribution in [0.3, 0.4) is 0 Å². The monoisotopic (exact) mass is 306 g/mol. The van der Waals surface area contributed by atoms with E-state index >= 15 is 0 Å². The first-order valence-corrected chi connectivity index (χ1v) is 8.02. The molecule has 2 aromatic carbocycles. The van der Waals surface area contributed by atoms with E-state index in [1.54, 1.807) is 0 Å². The summed E-state index contributed by atoms with van der Waals surface area (Å²) in [5.74, 6) is 0. The molecule has 22 heavy (non-hydrogen) atoms. The van der Waals surface area contributed by atoms with Gasteiger partial charge in [-0.25, -0.2) is 4.68 Å². The van der Waals surface area contributed by atoms with E-state index in [9.17, 15) is 4.79 Å². The summed E-state index contributed by atoms with van der Waals surface area (Å²) in [6.07, 6.45) is 0.877. The third-order valence-corrected chi connectivity index (χ3v) is 5.29. The van der Waals surface area contributed by atoms with E-state index in [4.69, 9.17) is 5.10 Å². The summed E-state index contributed by atoms with van der Waals surface area (Å²) in [6, 6.07) is 18.0. The lowest BCUT2D eigenvalue weighted by Gasteiger charge is -2.27. The maximum atomic E-state index is 10.8. The molecule has 3 aromatic rings. The molecule has 3 nitrogen and oxygen atoms in total. The molecule has 0 N–H and O–H groups in total. The number of para-hydroxylation sites is 1. The van der Waals surface area contributed by atoms with Crippen LogP contribution in [0.1, 0.15) is 32.4 Å². The van der Waals surface area contributed by atoms with E-state index in [1.165, 1.54) is 16.2 Å². The summed E-state index contributed by atoms with van der Waals surface area (Å²) >= 11 is 1.82. The summed E-state index contributed by atoms with van der Waals surface area (Å²) in [4.78, 5) is 10.8. The van der Waals surface area contributed by atoms with Gasteiger partial charge in [-0.2, -0.15) is 5.10 Å². The molecule has 0 amide bonds. The average Bonchev–Trinajstić information content (AvgIpc) is 2.79. The first-order valence-electron chi connectivity index (χ1n) is 7.14. The maximum absolute atomic E-state index is 10.8. The summed E-state index contributed by atoms with van der Waals surface area (Å²) in [5, 5.41) is 6.22. The smallest absolute Gasteiger partial charge is 0.150 e. The minimum atomic E-state index is 0.313. The Morgan fingerprint density at radius 3 is 2.50 bits per heavy atom. The van der Waals surface area contributed by atoms with Crippen molar-refractivity contribution in [1.82, 2.24) is 9.78 Å². The van der Waals surface area contributed by atoms with Crippen LogP contribution >= 0.6 is 11.8 Å². The Hall–Kier alpha value is -2.33. The minimum Gasteiger partial charge on any atom is -0.298 e. The molecule has 2 heterocycles. The molecule has 4 rings (SSSR count). The lowest BCUT2D eigenvalue weighted by molar-refractivity contribution is 0.112. The zero-order chi connectivity index (χ0) is 15.1. The molecule has 108 valence electrons. The highest BCUT2D eigenvalue weighted by Crippen LogP contribution is 2.55. The minimum absolute atomic E-state index is 0.313. The number of thioether (sulfide) groups is 1. The van der Waals surface area contributed by atoms with Gasteiger partial charge in [0.05, 0.1) is 16.6 Å². The zero-order valence-corrected chi connectivity index (χ0v) is 12.9.